The van der Waals surface area contributed by atoms with E-state index in [-0.39, 0.29) is 5.82 Å². The van der Waals surface area contributed by atoms with Gasteiger partial charge in [-0.25, -0.2) is 14.2 Å². The van der Waals surface area contributed by atoms with E-state index in [0.29, 0.717) is 10.9 Å². The summed E-state index contributed by atoms with van der Waals surface area (Å²) in [7, 11) is 1.34. The van der Waals surface area contributed by atoms with Gasteiger partial charge in [0.2, 0.25) is 0 Å². The van der Waals surface area contributed by atoms with Crippen LogP contribution < -0.4 is 4.90 Å². The van der Waals surface area contributed by atoms with Gasteiger partial charge in [-0.15, -0.1) is 6.42 Å². The highest BCUT2D eigenvalue weighted by Crippen LogP contribution is 2.32. The third-order valence-corrected chi connectivity index (χ3v) is 5.07. The number of ether oxygens (including phenoxy) is 1. The quantitative estimate of drug-likeness (QED) is 0.568. The Labute approximate surface area is 168 Å². The van der Waals surface area contributed by atoms with Crippen LogP contribution >= 0.6 is 11.8 Å². The molecule has 0 bridgehead atoms. The average Bonchev–Trinajstić information content (AvgIpc) is 3.09. The minimum Gasteiger partial charge on any atom is -0.467 e. The second-order valence-corrected chi connectivity index (χ2v) is 6.92. The summed E-state index contributed by atoms with van der Waals surface area (Å²) in [5, 5.41) is 0.600. The zero-order valence-corrected chi connectivity index (χ0v) is 16.1. The average molecular weight is 394 g/mol. The molecule has 6 heteroatoms. The standard InChI is InChI=1S/C22H19FN2O2S/c1-3-15-28-22-24-20(21(26)27-2)19(14-9-16-7-5-4-6-8-16)25(22)18-12-10-17(23)11-13-18/h1,4-14,19-20H,15H2,2H3/b14-9+/t19-,20+/m1/s1. The van der Waals surface area contributed by atoms with Crippen molar-refractivity contribution in [1.82, 2.24) is 0 Å². The van der Waals surface area contributed by atoms with E-state index < -0.39 is 18.1 Å². The van der Waals surface area contributed by atoms with Crippen molar-refractivity contribution < 1.29 is 13.9 Å². The number of aliphatic imine (C=N–C) groups is 1. The molecule has 0 radical (unpaired) electrons. The van der Waals surface area contributed by atoms with E-state index in [2.05, 4.69) is 10.9 Å². The lowest BCUT2D eigenvalue weighted by Gasteiger charge is -2.27. The SMILES string of the molecule is C#CCSC1=N[C@H](C(=O)OC)[C@@H](/C=C/c2ccccc2)N1c1ccc(F)cc1. The highest BCUT2D eigenvalue weighted by atomic mass is 32.2. The number of hydrogen-bond donors (Lipinski definition) is 0. The molecule has 0 amide bonds. The first-order valence-corrected chi connectivity index (χ1v) is 9.62. The van der Waals surface area contributed by atoms with Crippen LogP contribution in [-0.4, -0.2) is 36.1 Å². The first-order chi connectivity index (χ1) is 13.6. The summed E-state index contributed by atoms with van der Waals surface area (Å²) >= 11 is 1.35. The predicted molar refractivity (Wildman–Crippen MR) is 113 cm³/mol. The Morgan fingerprint density at radius 1 is 1.29 bits per heavy atom. The maximum Gasteiger partial charge on any atom is 0.333 e. The van der Waals surface area contributed by atoms with E-state index in [1.807, 2.05) is 47.4 Å². The minimum absolute atomic E-state index is 0.335. The van der Waals surface area contributed by atoms with Crippen LogP contribution in [0.15, 0.2) is 65.7 Å². The summed E-state index contributed by atoms with van der Waals surface area (Å²) in [5.74, 6) is 2.20. The van der Waals surface area contributed by atoms with Crippen molar-refractivity contribution in [3.05, 3.63) is 72.1 Å². The van der Waals surface area contributed by atoms with Crippen LogP contribution in [0.2, 0.25) is 0 Å². The Morgan fingerprint density at radius 2 is 2.00 bits per heavy atom. The molecular weight excluding hydrogens is 375 g/mol. The number of thioether (sulfide) groups is 1. The number of carbonyl (C=O) groups is 1. The molecule has 2 aromatic rings. The van der Waals surface area contributed by atoms with Crippen molar-refractivity contribution in [3.8, 4) is 12.3 Å². The molecule has 0 fully saturated rings. The number of esters is 1. The maximum absolute atomic E-state index is 13.4. The topological polar surface area (TPSA) is 41.9 Å². The van der Waals surface area contributed by atoms with E-state index in [1.165, 1.54) is 31.0 Å². The summed E-state index contributed by atoms with van der Waals surface area (Å²) in [4.78, 5) is 18.8. The molecule has 0 spiro atoms. The molecule has 0 aromatic heterocycles. The lowest BCUT2D eigenvalue weighted by atomic mass is 10.1. The molecule has 0 aliphatic carbocycles. The van der Waals surface area contributed by atoms with Crippen LogP contribution in [-0.2, 0) is 9.53 Å². The van der Waals surface area contributed by atoms with Gasteiger partial charge in [-0.2, -0.15) is 0 Å². The number of hydrogen-bond acceptors (Lipinski definition) is 5. The van der Waals surface area contributed by atoms with Crippen molar-refractivity contribution in [2.45, 2.75) is 12.1 Å². The molecule has 0 unspecified atom stereocenters. The van der Waals surface area contributed by atoms with Crippen LogP contribution in [0.5, 0.6) is 0 Å². The Balaban J connectivity index is 2.01. The number of anilines is 1. The summed E-state index contributed by atoms with van der Waals surface area (Å²) in [6, 6.07) is 14.7. The van der Waals surface area contributed by atoms with Crippen molar-refractivity contribution in [3.63, 3.8) is 0 Å². The molecule has 142 valence electrons. The lowest BCUT2D eigenvalue weighted by molar-refractivity contribution is -0.142. The molecule has 2 aromatic carbocycles. The van der Waals surface area contributed by atoms with Crippen LogP contribution in [0, 0.1) is 18.2 Å². The molecule has 0 N–H and O–H groups in total. The molecule has 28 heavy (non-hydrogen) atoms. The van der Waals surface area contributed by atoms with E-state index in [4.69, 9.17) is 11.2 Å². The fraction of sp³-hybridized carbons (Fsp3) is 0.182. The maximum atomic E-state index is 13.4. The van der Waals surface area contributed by atoms with Gasteiger partial charge in [-0.1, -0.05) is 60.2 Å². The van der Waals surface area contributed by atoms with E-state index in [0.717, 1.165) is 11.3 Å². The van der Waals surface area contributed by atoms with Gasteiger partial charge in [0.15, 0.2) is 11.2 Å². The van der Waals surface area contributed by atoms with Gasteiger partial charge < -0.3 is 9.64 Å². The molecule has 0 saturated heterocycles. The number of carbonyl (C=O) groups excluding carboxylic acids is 1. The van der Waals surface area contributed by atoms with Crippen molar-refractivity contribution in [2.75, 3.05) is 17.8 Å². The Morgan fingerprint density at radius 3 is 2.64 bits per heavy atom. The zero-order chi connectivity index (χ0) is 19.9. The second kappa shape index (κ2) is 9.25. The molecule has 2 atom stereocenters. The molecule has 4 nitrogen and oxygen atoms in total. The number of terminal acetylenes is 1. The highest BCUT2D eigenvalue weighted by molar-refractivity contribution is 8.14. The van der Waals surface area contributed by atoms with Crippen molar-refractivity contribution >= 4 is 34.7 Å². The third-order valence-electron chi connectivity index (χ3n) is 4.19. The first kappa shape index (κ1) is 19.7. The first-order valence-electron chi connectivity index (χ1n) is 8.64. The smallest absolute Gasteiger partial charge is 0.333 e. The molecule has 3 rings (SSSR count). The van der Waals surface area contributed by atoms with Gasteiger partial charge in [-0.3, -0.25) is 0 Å². The van der Waals surface area contributed by atoms with Gasteiger partial charge in [0, 0.05) is 5.69 Å². The highest BCUT2D eigenvalue weighted by Gasteiger charge is 2.40. The summed E-state index contributed by atoms with van der Waals surface area (Å²) in [6.45, 7) is 0. The third kappa shape index (κ3) is 4.44. The van der Waals surface area contributed by atoms with Crippen molar-refractivity contribution in [1.29, 1.82) is 0 Å². The van der Waals surface area contributed by atoms with Crippen LogP contribution in [0.3, 0.4) is 0 Å². The van der Waals surface area contributed by atoms with Crippen molar-refractivity contribution in [2.24, 2.45) is 4.99 Å². The Bertz CT molecular complexity index is 920. The van der Waals surface area contributed by atoms with Crippen LogP contribution in [0.25, 0.3) is 6.08 Å². The number of halogens is 1. The fourth-order valence-corrected chi connectivity index (χ4v) is 3.67. The van der Waals surface area contributed by atoms with Crippen LogP contribution in [0.4, 0.5) is 10.1 Å². The van der Waals surface area contributed by atoms with E-state index in [1.54, 1.807) is 12.1 Å². The number of methoxy groups -OCH3 is 1. The molecule has 1 heterocycles. The molecule has 1 aliphatic heterocycles. The van der Waals surface area contributed by atoms with Gasteiger partial charge in [0.25, 0.3) is 0 Å². The normalized spacial score (nSPS) is 18.8. The summed E-state index contributed by atoms with van der Waals surface area (Å²) in [5.41, 5.74) is 1.72. The van der Waals surface area contributed by atoms with Gasteiger partial charge in [0.1, 0.15) is 5.82 Å². The zero-order valence-electron chi connectivity index (χ0n) is 15.3. The second-order valence-electron chi connectivity index (χ2n) is 5.98. The van der Waals surface area contributed by atoms with Gasteiger partial charge in [0.05, 0.1) is 18.9 Å². The number of benzene rings is 2. The lowest BCUT2D eigenvalue weighted by Crippen LogP contribution is -2.41. The Hall–Kier alpha value is -3.04. The number of rotatable bonds is 5. The van der Waals surface area contributed by atoms with Crippen LogP contribution in [0.1, 0.15) is 5.56 Å². The molecular formula is C22H19FN2O2S. The summed E-state index contributed by atoms with van der Waals surface area (Å²) in [6.07, 6.45) is 9.24. The largest absolute Gasteiger partial charge is 0.467 e. The number of amidine groups is 1. The minimum atomic E-state index is -0.740. The summed E-state index contributed by atoms with van der Waals surface area (Å²) < 4.78 is 18.4. The predicted octanol–water partition coefficient (Wildman–Crippen LogP) is 3.99. The fourth-order valence-electron chi connectivity index (χ4n) is 2.90. The monoisotopic (exact) mass is 394 g/mol. The van der Waals surface area contributed by atoms with Gasteiger partial charge in [-0.05, 0) is 29.8 Å². The van der Waals surface area contributed by atoms with E-state index >= 15 is 0 Å². The Kier molecular flexibility index (Phi) is 6.51. The molecule has 1 aliphatic rings. The van der Waals surface area contributed by atoms with E-state index in [9.17, 15) is 9.18 Å². The number of nitrogens with zero attached hydrogens (tertiary/aromatic N) is 2. The molecule has 0 saturated carbocycles. The van der Waals surface area contributed by atoms with Gasteiger partial charge >= 0.3 is 5.97 Å².